The predicted octanol–water partition coefficient (Wildman–Crippen LogP) is -2.41. The quantitative estimate of drug-likeness (QED) is 0.0871. The van der Waals surface area contributed by atoms with Crippen LogP contribution >= 0.6 is 16.1 Å². The van der Waals surface area contributed by atoms with Crippen LogP contribution in [-0.4, -0.2) is 114 Å². The number of hydrogen-bond donors (Lipinski definition) is 7. The zero-order chi connectivity index (χ0) is 31.3. The molecule has 0 bridgehead atoms. The maximum absolute atomic E-state index is 13.1. The number of rotatable bonds is 10. The minimum atomic E-state index is -5.14. The molecule has 10 atom stereocenters. The summed E-state index contributed by atoms with van der Waals surface area (Å²) in [7, 11) is -8.42. The van der Waals surface area contributed by atoms with Crippen molar-refractivity contribution in [1.29, 1.82) is 0 Å². The standard InChI is InChI=1S/C20H23N9O13P2/c21-15-10-17(24-4-22-15)28(6-26-10)19-12(32)13(41-43(34)35)9(40-19)3-38-44(36,37)42-14-11(31)8(2-30)39-20(14)29-16-7(1-27-29)18(33)25-5-23-16/h1,4-6,8-9,11-14,19-20,30-32H,2-3H2,(H4-,21,22,23,24,25,27,33,34,35,36,37)/p+1/t8-,9-,11-,12-,13-,14-,19-,20-/m1/s1. The van der Waals surface area contributed by atoms with Gasteiger partial charge in [0.25, 0.3) is 5.56 Å². The first-order valence-corrected chi connectivity index (χ1v) is 15.2. The van der Waals surface area contributed by atoms with Crippen molar-refractivity contribution in [2.24, 2.45) is 0 Å². The number of phosphoric ester groups is 1. The van der Waals surface area contributed by atoms with Gasteiger partial charge in [0.05, 0.1) is 32.1 Å². The molecule has 2 aliphatic rings. The molecule has 2 saturated heterocycles. The Hall–Kier alpha value is -3.37. The molecule has 22 nitrogen and oxygen atoms in total. The SMILES string of the molecule is Nc1ncnc2c1ncn2[C@@H]1O[C@H](COP(=O)(O)O[C@@H]2[C@H](O)[C@@H](CO)O[C@H]2n2ncc3c(=O)[nH]cnc32)[C@@H](O[P+](=O)O)[C@H]1O. The summed E-state index contributed by atoms with van der Waals surface area (Å²) in [6, 6.07) is 0. The van der Waals surface area contributed by atoms with E-state index in [-0.39, 0.29) is 28.0 Å². The number of nitrogen functional groups attached to an aromatic ring is 1. The Morgan fingerprint density at radius 3 is 2.61 bits per heavy atom. The van der Waals surface area contributed by atoms with Gasteiger partial charge in [-0.1, -0.05) is 0 Å². The van der Waals surface area contributed by atoms with E-state index >= 15 is 0 Å². The lowest BCUT2D eigenvalue weighted by Gasteiger charge is -2.24. The molecule has 6 rings (SSSR count). The second-order valence-corrected chi connectivity index (χ2v) is 11.7. The fourth-order valence-corrected chi connectivity index (χ4v) is 6.37. The average molecular weight is 660 g/mol. The summed E-state index contributed by atoms with van der Waals surface area (Å²) in [4.78, 5) is 50.4. The molecule has 4 aromatic heterocycles. The smallest absolute Gasteiger partial charge is 0.394 e. The van der Waals surface area contributed by atoms with Crippen LogP contribution in [0.2, 0.25) is 0 Å². The van der Waals surface area contributed by atoms with Crippen LogP contribution in [0.15, 0.2) is 30.0 Å². The lowest BCUT2D eigenvalue weighted by atomic mass is 10.1. The van der Waals surface area contributed by atoms with Crippen LogP contribution in [0, 0.1) is 0 Å². The third-order valence-electron chi connectivity index (χ3n) is 6.97. The highest BCUT2D eigenvalue weighted by atomic mass is 31.2. The van der Waals surface area contributed by atoms with Gasteiger partial charge in [-0.25, -0.2) is 29.2 Å². The van der Waals surface area contributed by atoms with Crippen molar-refractivity contribution in [2.75, 3.05) is 18.9 Å². The van der Waals surface area contributed by atoms with Crippen molar-refractivity contribution in [3.8, 4) is 0 Å². The molecule has 8 N–H and O–H groups in total. The molecule has 0 radical (unpaired) electrons. The summed E-state index contributed by atoms with van der Waals surface area (Å²) in [5.74, 6) is 0.0382. The molecule has 6 heterocycles. The second kappa shape index (κ2) is 11.9. The van der Waals surface area contributed by atoms with E-state index in [1.807, 2.05) is 0 Å². The van der Waals surface area contributed by atoms with Crippen molar-refractivity contribution in [1.82, 2.24) is 39.3 Å². The number of imidazole rings is 1. The second-order valence-electron chi connectivity index (χ2n) is 9.58. The van der Waals surface area contributed by atoms with Gasteiger partial charge in [-0.15, -0.1) is 9.42 Å². The maximum atomic E-state index is 13.1. The number of nitrogens with one attached hydrogen (secondary N) is 1. The minimum Gasteiger partial charge on any atom is -0.394 e. The fraction of sp³-hybridized carbons (Fsp3) is 0.500. The zero-order valence-corrected chi connectivity index (χ0v) is 23.7. The van der Waals surface area contributed by atoms with E-state index < -0.39 is 83.9 Å². The van der Waals surface area contributed by atoms with Gasteiger partial charge in [0.2, 0.25) is 0 Å². The average Bonchev–Trinajstić information content (AvgIpc) is 3.74. The third-order valence-corrected chi connectivity index (χ3v) is 8.38. The summed E-state index contributed by atoms with van der Waals surface area (Å²) < 4.78 is 53.6. The molecule has 0 saturated carbocycles. The molecule has 2 fully saturated rings. The van der Waals surface area contributed by atoms with Crippen LogP contribution in [-0.2, 0) is 32.2 Å². The monoisotopic (exact) mass is 660 g/mol. The van der Waals surface area contributed by atoms with Crippen LogP contribution in [0.4, 0.5) is 5.82 Å². The van der Waals surface area contributed by atoms with E-state index in [9.17, 15) is 39.0 Å². The van der Waals surface area contributed by atoms with Gasteiger partial charge in [0.15, 0.2) is 35.7 Å². The van der Waals surface area contributed by atoms with Crippen molar-refractivity contribution in [2.45, 2.75) is 49.1 Å². The summed E-state index contributed by atoms with van der Waals surface area (Å²) in [5.41, 5.74) is 5.58. The first kappa shape index (κ1) is 30.6. The van der Waals surface area contributed by atoms with Crippen LogP contribution in [0.1, 0.15) is 12.5 Å². The number of nitrogens with two attached hydrogens (primary N) is 1. The summed E-state index contributed by atoms with van der Waals surface area (Å²) in [6.07, 6.45) is -7.44. The summed E-state index contributed by atoms with van der Waals surface area (Å²) in [6.45, 7) is -1.55. The topological polar surface area (TPSA) is 315 Å². The number of aliphatic hydroxyl groups is 3. The number of hydrogen-bond acceptors (Lipinski definition) is 17. The normalized spacial score (nSPS) is 30.7. The van der Waals surface area contributed by atoms with Crippen molar-refractivity contribution >= 4 is 44.1 Å². The number of phosphoric acid groups is 1. The Morgan fingerprint density at radius 2 is 1.86 bits per heavy atom. The van der Waals surface area contributed by atoms with E-state index in [0.717, 1.165) is 23.5 Å². The van der Waals surface area contributed by atoms with Gasteiger partial charge in [-0.05, 0) is 0 Å². The fourth-order valence-electron chi connectivity index (χ4n) is 4.97. The molecule has 0 aliphatic carbocycles. The predicted molar refractivity (Wildman–Crippen MR) is 140 cm³/mol. The van der Waals surface area contributed by atoms with Crippen LogP contribution in [0.5, 0.6) is 0 Å². The summed E-state index contributed by atoms with van der Waals surface area (Å²) in [5, 5.41) is 35.4. The molecule has 0 spiro atoms. The Kier molecular flexibility index (Phi) is 8.26. The molecule has 4 aromatic rings. The first-order chi connectivity index (χ1) is 21.0. The number of aromatic amines is 1. The zero-order valence-electron chi connectivity index (χ0n) is 21.9. The molecule has 0 aromatic carbocycles. The molecule has 2 unspecified atom stereocenters. The molecular weight excluding hydrogens is 636 g/mol. The van der Waals surface area contributed by atoms with Gasteiger partial charge < -0.3 is 40.4 Å². The number of nitrogens with zero attached hydrogens (tertiary/aromatic N) is 7. The molecule has 44 heavy (non-hydrogen) atoms. The Balaban J connectivity index is 1.22. The Labute approximate surface area is 244 Å². The van der Waals surface area contributed by atoms with E-state index in [2.05, 4.69) is 30.0 Å². The molecule has 2 aliphatic heterocycles. The first-order valence-electron chi connectivity index (χ1n) is 12.6. The van der Waals surface area contributed by atoms with Crippen molar-refractivity contribution in [3.63, 3.8) is 0 Å². The number of anilines is 1. The minimum absolute atomic E-state index is 0.0108. The molecule has 0 amide bonds. The number of aliphatic hydroxyl groups excluding tert-OH is 3. The van der Waals surface area contributed by atoms with Crippen molar-refractivity contribution in [3.05, 3.63) is 35.5 Å². The highest BCUT2D eigenvalue weighted by molar-refractivity contribution is 7.47. The highest BCUT2D eigenvalue weighted by Crippen LogP contribution is 2.50. The maximum Gasteiger partial charge on any atom is 0.695 e. The third kappa shape index (κ3) is 5.51. The van der Waals surface area contributed by atoms with Gasteiger partial charge in [0, 0.05) is 4.57 Å². The van der Waals surface area contributed by atoms with E-state index in [1.165, 1.54) is 10.9 Å². The van der Waals surface area contributed by atoms with Gasteiger partial charge in [-0.3, -0.25) is 18.4 Å². The Morgan fingerprint density at radius 1 is 1.09 bits per heavy atom. The molecule has 24 heteroatoms. The lowest BCUT2D eigenvalue weighted by Crippen LogP contribution is -2.36. The number of ether oxygens (including phenoxy) is 2. The van der Waals surface area contributed by atoms with Gasteiger partial charge in [0.1, 0.15) is 47.8 Å². The van der Waals surface area contributed by atoms with Crippen LogP contribution in [0.25, 0.3) is 22.2 Å². The van der Waals surface area contributed by atoms with E-state index in [4.69, 9.17) is 28.8 Å². The number of aromatic nitrogens is 8. The molecular formula is C20H24N9O13P2+. The summed E-state index contributed by atoms with van der Waals surface area (Å²) >= 11 is 0. The van der Waals surface area contributed by atoms with Gasteiger partial charge >= 0.3 is 16.1 Å². The Bertz CT molecular complexity index is 1800. The van der Waals surface area contributed by atoms with Crippen LogP contribution < -0.4 is 11.3 Å². The number of H-pyrrole nitrogens is 1. The molecule has 236 valence electrons. The van der Waals surface area contributed by atoms with E-state index in [1.54, 1.807) is 0 Å². The highest BCUT2D eigenvalue weighted by Gasteiger charge is 2.53. The van der Waals surface area contributed by atoms with Gasteiger partial charge in [-0.2, -0.15) is 5.10 Å². The largest absolute Gasteiger partial charge is 0.695 e. The number of fused-ring (bicyclic) bond motifs is 2. The van der Waals surface area contributed by atoms with E-state index in [0.29, 0.717) is 0 Å². The van der Waals surface area contributed by atoms with Crippen molar-refractivity contribution < 1.29 is 57.3 Å². The van der Waals surface area contributed by atoms with Crippen LogP contribution in [0.3, 0.4) is 0 Å². The lowest BCUT2D eigenvalue weighted by molar-refractivity contribution is -0.0639.